The highest BCUT2D eigenvalue weighted by molar-refractivity contribution is 5.73. The van der Waals surface area contributed by atoms with E-state index in [1.165, 1.54) is 30.3 Å². The van der Waals surface area contributed by atoms with E-state index in [0.717, 1.165) is 24.3 Å². The molecule has 0 spiro atoms. The molecule has 0 radical (unpaired) electrons. The monoisotopic (exact) mass is 572 g/mol. The van der Waals surface area contributed by atoms with Gasteiger partial charge in [0, 0.05) is 53.3 Å². The Labute approximate surface area is 238 Å². The number of fused-ring (bicyclic) bond motifs is 1. The van der Waals surface area contributed by atoms with Crippen LogP contribution in [0.25, 0.3) is 11.5 Å². The number of phenolic OH excluding ortho intramolecular Hbond substituents is 6. The molecule has 214 valence electrons. The Morgan fingerprint density at radius 1 is 0.786 bits per heavy atom. The summed E-state index contributed by atoms with van der Waals surface area (Å²) < 4.78 is 11.9. The van der Waals surface area contributed by atoms with Gasteiger partial charge in [0.1, 0.15) is 40.3 Å². The minimum atomic E-state index is -1.14. The van der Waals surface area contributed by atoms with Crippen molar-refractivity contribution in [2.45, 2.75) is 18.8 Å². The molecule has 11 nitrogen and oxygen atoms in total. The maximum Gasteiger partial charge on any atom is 0.172 e. The van der Waals surface area contributed by atoms with Gasteiger partial charge >= 0.3 is 0 Å². The van der Waals surface area contributed by atoms with Crippen molar-refractivity contribution >= 4 is 11.5 Å². The summed E-state index contributed by atoms with van der Waals surface area (Å²) in [6.45, 7) is 0. The molecule has 0 fully saturated rings. The first-order chi connectivity index (χ1) is 20.0. The Hall–Kier alpha value is -6.02. The van der Waals surface area contributed by atoms with Gasteiger partial charge in [0.05, 0.1) is 5.92 Å². The number of phenols is 6. The first-order valence-electron chi connectivity index (χ1n) is 12.4. The molecule has 0 amide bonds. The van der Waals surface area contributed by atoms with Crippen LogP contribution >= 0.6 is 0 Å². The first kappa shape index (κ1) is 27.5. The van der Waals surface area contributed by atoms with Gasteiger partial charge in [0.15, 0.2) is 34.5 Å². The van der Waals surface area contributed by atoms with Gasteiger partial charge < -0.3 is 55.4 Å². The SMILES string of the molecule is C#C/C=C(/O)C1=C(CC2C(O)=C(c3ccc(O)c(O)c3)Oc3cc(O)cc(O)c32)OC(c2ccc(O)c(O)c2)=C(O)C1. The predicted octanol–water partition coefficient (Wildman–Crippen LogP) is 5.39. The number of terminal acetylenes is 1. The summed E-state index contributed by atoms with van der Waals surface area (Å²) in [4.78, 5) is 0. The summed E-state index contributed by atoms with van der Waals surface area (Å²) in [5.74, 6) is -3.03. The molecule has 0 aromatic heterocycles. The number of aliphatic hydroxyl groups excluding tert-OH is 3. The molecular formula is C31H24O11. The van der Waals surface area contributed by atoms with Crippen LogP contribution in [0.5, 0.6) is 40.2 Å². The van der Waals surface area contributed by atoms with Gasteiger partial charge in [-0.05, 0) is 36.4 Å². The largest absolute Gasteiger partial charge is 0.508 e. The van der Waals surface area contributed by atoms with Crippen LogP contribution < -0.4 is 4.74 Å². The van der Waals surface area contributed by atoms with Gasteiger partial charge in [-0.2, -0.15) is 0 Å². The van der Waals surface area contributed by atoms with E-state index in [2.05, 4.69) is 5.92 Å². The average molecular weight is 573 g/mol. The molecule has 0 saturated carbocycles. The van der Waals surface area contributed by atoms with Gasteiger partial charge in [-0.25, -0.2) is 0 Å². The molecule has 0 bridgehead atoms. The summed E-state index contributed by atoms with van der Waals surface area (Å²) in [6.07, 6.45) is 5.83. The van der Waals surface area contributed by atoms with Crippen LogP contribution in [0.3, 0.4) is 0 Å². The number of allylic oxidation sites excluding steroid dienone is 5. The zero-order valence-electron chi connectivity index (χ0n) is 21.6. The molecular weight excluding hydrogens is 548 g/mol. The number of rotatable bonds is 5. The number of hydrogen-bond donors (Lipinski definition) is 9. The van der Waals surface area contributed by atoms with Crippen LogP contribution in [0.4, 0.5) is 0 Å². The molecule has 2 heterocycles. The van der Waals surface area contributed by atoms with Gasteiger partial charge in [0.25, 0.3) is 0 Å². The van der Waals surface area contributed by atoms with Gasteiger partial charge in [-0.1, -0.05) is 5.92 Å². The lowest BCUT2D eigenvalue weighted by Gasteiger charge is -2.31. The number of benzene rings is 3. The van der Waals surface area contributed by atoms with Crippen molar-refractivity contribution < 1.29 is 55.4 Å². The predicted molar refractivity (Wildman–Crippen MR) is 149 cm³/mol. The summed E-state index contributed by atoms with van der Waals surface area (Å²) in [5, 5.41) is 93.4. The highest BCUT2D eigenvalue weighted by Gasteiger charge is 2.37. The minimum Gasteiger partial charge on any atom is -0.508 e. The molecule has 0 saturated heterocycles. The molecule has 2 aliphatic heterocycles. The molecule has 3 aromatic carbocycles. The van der Waals surface area contributed by atoms with E-state index in [0.29, 0.717) is 0 Å². The summed E-state index contributed by atoms with van der Waals surface area (Å²) >= 11 is 0. The number of aromatic hydroxyl groups is 6. The van der Waals surface area contributed by atoms with Crippen molar-refractivity contribution in [2.75, 3.05) is 0 Å². The highest BCUT2D eigenvalue weighted by atomic mass is 16.5. The number of aliphatic hydroxyl groups is 3. The van der Waals surface area contributed by atoms with Gasteiger partial charge in [0.2, 0.25) is 0 Å². The fourth-order valence-corrected chi connectivity index (χ4v) is 4.79. The Morgan fingerprint density at radius 2 is 1.40 bits per heavy atom. The molecule has 42 heavy (non-hydrogen) atoms. The lowest BCUT2D eigenvalue weighted by Crippen LogP contribution is -2.18. The second-order valence-electron chi connectivity index (χ2n) is 9.51. The first-order valence-corrected chi connectivity index (χ1v) is 12.4. The van der Waals surface area contributed by atoms with Crippen molar-refractivity contribution in [1.29, 1.82) is 0 Å². The average Bonchev–Trinajstić information content (AvgIpc) is 2.93. The van der Waals surface area contributed by atoms with E-state index < -0.39 is 46.2 Å². The Balaban J connectivity index is 1.66. The van der Waals surface area contributed by atoms with Gasteiger partial charge in [-0.15, -0.1) is 6.42 Å². The van der Waals surface area contributed by atoms with Crippen LogP contribution in [0.1, 0.15) is 35.4 Å². The van der Waals surface area contributed by atoms with E-state index in [9.17, 15) is 46.0 Å². The normalized spacial score (nSPS) is 16.9. The summed E-state index contributed by atoms with van der Waals surface area (Å²) in [7, 11) is 0. The Kier molecular flexibility index (Phi) is 6.89. The highest BCUT2D eigenvalue weighted by Crippen LogP contribution is 2.51. The van der Waals surface area contributed by atoms with E-state index in [1.807, 2.05) is 0 Å². The summed E-state index contributed by atoms with van der Waals surface area (Å²) in [5.41, 5.74) is 0.434. The fraction of sp³-hybridized carbons (Fsp3) is 0.0968. The second kappa shape index (κ2) is 10.5. The van der Waals surface area contributed by atoms with Gasteiger partial charge in [-0.3, -0.25) is 0 Å². The third-order valence-corrected chi connectivity index (χ3v) is 6.79. The van der Waals surface area contributed by atoms with Crippen molar-refractivity contribution in [3.63, 3.8) is 0 Å². The zero-order chi connectivity index (χ0) is 30.3. The zero-order valence-corrected chi connectivity index (χ0v) is 21.6. The van der Waals surface area contributed by atoms with Crippen molar-refractivity contribution in [3.05, 3.63) is 99.9 Å². The van der Waals surface area contributed by atoms with Crippen molar-refractivity contribution in [2.24, 2.45) is 0 Å². The second-order valence-corrected chi connectivity index (χ2v) is 9.51. The van der Waals surface area contributed by atoms with Crippen LogP contribution in [-0.4, -0.2) is 46.0 Å². The molecule has 0 aliphatic carbocycles. The van der Waals surface area contributed by atoms with E-state index in [4.69, 9.17) is 15.9 Å². The molecule has 5 rings (SSSR count). The quantitative estimate of drug-likeness (QED) is 0.108. The molecule has 1 unspecified atom stereocenters. The van der Waals surface area contributed by atoms with Crippen molar-refractivity contribution in [1.82, 2.24) is 0 Å². The smallest absolute Gasteiger partial charge is 0.172 e. The maximum atomic E-state index is 11.5. The molecule has 9 N–H and O–H groups in total. The van der Waals surface area contributed by atoms with Crippen LogP contribution in [-0.2, 0) is 4.74 Å². The van der Waals surface area contributed by atoms with Crippen LogP contribution in [0.15, 0.2) is 83.2 Å². The summed E-state index contributed by atoms with van der Waals surface area (Å²) in [6, 6.07) is 9.67. The van der Waals surface area contributed by atoms with Crippen LogP contribution in [0, 0.1) is 12.3 Å². The fourth-order valence-electron chi connectivity index (χ4n) is 4.79. The third-order valence-electron chi connectivity index (χ3n) is 6.79. The third kappa shape index (κ3) is 4.89. The number of hydrogen-bond acceptors (Lipinski definition) is 11. The van der Waals surface area contributed by atoms with Crippen LogP contribution in [0.2, 0.25) is 0 Å². The molecule has 1 atom stereocenters. The Bertz CT molecular complexity index is 1790. The maximum absolute atomic E-state index is 11.5. The molecule has 11 heteroatoms. The minimum absolute atomic E-state index is 0.00384. The van der Waals surface area contributed by atoms with E-state index >= 15 is 0 Å². The van der Waals surface area contributed by atoms with E-state index in [1.54, 1.807) is 0 Å². The van der Waals surface area contributed by atoms with E-state index in [-0.39, 0.29) is 69.6 Å². The lowest BCUT2D eigenvalue weighted by atomic mass is 9.86. The Morgan fingerprint density at radius 3 is 2.00 bits per heavy atom. The topological polar surface area (TPSA) is 201 Å². The standard InChI is InChI=1S/C31H24O11/c1-2-3-19(33)17-12-25(39)30(14-4-6-20(34)22(36)8-14)41-26(17)13-18-28-24(38)10-16(32)11-27(28)42-31(29(18)40)15-5-7-21(35)23(37)9-15/h1,3-11,18,32-40H,12-13H2/b19-3+. The molecule has 2 aliphatic rings. The molecule has 3 aromatic rings. The number of ether oxygens (including phenoxy) is 2. The lowest BCUT2D eigenvalue weighted by molar-refractivity contribution is 0.265. The van der Waals surface area contributed by atoms with Crippen molar-refractivity contribution in [3.8, 4) is 52.6 Å².